The molecule has 0 saturated carbocycles. The average Bonchev–Trinajstić information content (AvgIpc) is 1.90. The predicted molar refractivity (Wildman–Crippen MR) is 38.1 cm³/mol. The average molecular weight is 124 g/mol. The van der Waals surface area contributed by atoms with E-state index in [2.05, 4.69) is 12.2 Å². The second-order valence-electron chi connectivity index (χ2n) is 2.70. The van der Waals surface area contributed by atoms with Crippen molar-refractivity contribution in [2.75, 3.05) is 6.61 Å². The molecule has 0 unspecified atom stereocenters. The second-order valence-corrected chi connectivity index (χ2v) is 2.70. The lowest BCUT2D eigenvalue weighted by Gasteiger charge is -2.20. The quantitative estimate of drug-likeness (QED) is 0.525. The number of hydrogen-bond donors (Lipinski definition) is 1. The fraction of sp³-hybridized carbons (Fsp3) is 0.500. The summed E-state index contributed by atoms with van der Waals surface area (Å²) < 4.78 is 0. The highest BCUT2D eigenvalue weighted by Gasteiger charge is 2.16. The van der Waals surface area contributed by atoms with E-state index in [9.17, 15) is 0 Å². The Morgan fingerprint density at radius 3 is 2.33 bits per heavy atom. The summed E-state index contributed by atoms with van der Waals surface area (Å²) in [6.45, 7) is 2.22. The number of aliphatic hydroxyl groups is 1. The Balaban J connectivity index is 2.67. The second kappa shape index (κ2) is 2.36. The van der Waals surface area contributed by atoms with Crippen molar-refractivity contribution >= 4 is 0 Å². The predicted octanol–water partition coefficient (Wildman–Crippen LogP) is 1.50. The van der Waals surface area contributed by atoms with Gasteiger partial charge in [0, 0.05) is 5.41 Å². The first-order valence-electron chi connectivity index (χ1n) is 3.23. The van der Waals surface area contributed by atoms with Crippen LogP contribution in [0, 0.1) is 5.41 Å². The summed E-state index contributed by atoms with van der Waals surface area (Å²) >= 11 is 0. The molecule has 1 N–H and O–H groups in total. The van der Waals surface area contributed by atoms with E-state index >= 15 is 0 Å². The smallest absolute Gasteiger partial charge is 0.0554 e. The first-order valence-corrected chi connectivity index (χ1v) is 3.23. The van der Waals surface area contributed by atoms with E-state index in [1.54, 1.807) is 0 Å². The summed E-state index contributed by atoms with van der Waals surface area (Å²) in [5.41, 5.74) is -0.0851. The van der Waals surface area contributed by atoms with Crippen LogP contribution in [0.5, 0.6) is 0 Å². The maximum atomic E-state index is 8.85. The third-order valence-electron chi connectivity index (χ3n) is 1.61. The highest BCUT2D eigenvalue weighted by Crippen LogP contribution is 2.22. The van der Waals surface area contributed by atoms with E-state index in [4.69, 9.17) is 5.11 Å². The van der Waals surface area contributed by atoms with E-state index in [0.717, 1.165) is 6.42 Å². The molecule has 0 atom stereocenters. The van der Waals surface area contributed by atoms with E-state index in [-0.39, 0.29) is 12.0 Å². The van der Waals surface area contributed by atoms with Crippen LogP contribution in [0.2, 0.25) is 0 Å². The van der Waals surface area contributed by atoms with Crippen LogP contribution >= 0.6 is 0 Å². The number of rotatable bonds is 1. The third kappa shape index (κ3) is 1.42. The lowest BCUT2D eigenvalue weighted by molar-refractivity contribution is 0.218. The van der Waals surface area contributed by atoms with Crippen LogP contribution in [-0.2, 0) is 0 Å². The minimum atomic E-state index is -0.0851. The van der Waals surface area contributed by atoms with Crippen molar-refractivity contribution in [3.8, 4) is 0 Å². The first-order chi connectivity index (χ1) is 4.27. The van der Waals surface area contributed by atoms with Gasteiger partial charge in [-0.05, 0) is 6.42 Å². The minimum absolute atomic E-state index is 0.0851. The molecule has 0 fully saturated rings. The summed E-state index contributed by atoms with van der Waals surface area (Å²) in [5, 5.41) is 8.85. The molecule has 0 aromatic rings. The van der Waals surface area contributed by atoms with Gasteiger partial charge in [0.15, 0.2) is 0 Å². The van der Waals surface area contributed by atoms with Gasteiger partial charge >= 0.3 is 0 Å². The zero-order valence-electron chi connectivity index (χ0n) is 5.67. The van der Waals surface area contributed by atoms with Gasteiger partial charge in [-0.15, -0.1) is 0 Å². The van der Waals surface area contributed by atoms with Crippen molar-refractivity contribution in [3.63, 3.8) is 0 Å². The van der Waals surface area contributed by atoms with Gasteiger partial charge in [0.25, 0.3) is 0 Å². The summed E-state index contributed by atoms with van der Waals surface area (Å²) in [5.74, 6) is 0. The molecule has 9 heavy (non-hydrogen) atoms. The molecule has 0 heterocycles. The first kappa shape index (κ1) is 6.56. The van der Waals surface area contributed by atoms with Gasteiger partial charge in [-0.1, -0.05) is 31.2 Å². The van der Waals surface area contributed by atoms with Crippen LogP contribution in [0.25, 0.3) is 0 Å². The standard InChI is InChI=1S/C8H12O/c1-8(7-9)5-3-2-4-6-8/h3-6,9H,2,7H2,1H3. The molecule has 1 nitrogen and oxygen atoms in total. The summed E-state index contributed by atoms with van der Waals surface area (Å²) in [7, 11) is 0. The van der Waals surface area contributed by atoms with Gasteiger partial charge in [-0.3, -0.25) is 0 Å². The van der Waals surface area contributed by atoms with Gasteiger partial charge in [0.2, 0.25) is 0 Å². The third-order valence-corrected chi connectivity index (χ3v) is 1.61. The Morgan fingerprint density at radius 1 is 1.44 bits per heavy atom. The van der Waals surface area contributed by atoms with E-state index < -0.39 is 0 Å². The van der Waals surface area contributed by atoms with Gasteiger partial charge in [-0.25, -0.2) is 0 Å². The Hall–Kier alpha value is -0.560. The molecule has 50 valence electrons. The van der Waals surface area contributed by atoms with Crippen molar-refractivity contribution in [2.45, 2.75) is 13.3 Å². The van der Waals surface area contributed by atoms with Crippen molar-refractivity contribution in [3.05, 3.63) is 24.3 Å². The molecule has 0 aromatic carbocycles. The summed E-state index contributed by atoms with van der Waals surface area (Å²) in [6.07, 6.45) is 9.27. The molecule has 0 aliphatic heterocycles. The summed E-state index contributed by atoms with van der Waals surface area (Å²) in [6, 6.07) is 0. The monoisotopic (exact) mass is 124 g/mol. The normalized spacial score (nSPS) is 22.4. The van der Waals surface area contributed by atoms with Crippen LogP contribution in [-0.4, -0.2) is 11.7 Å². The molecule has 1 heteroatoms. The van der Waals surface area contributed by atoms with Crippen LogP contribution in [0.1, 0.15) is 13.3 Å². The summed E-state index contributed by atoms with van der Waals surface area (Å²) in [4.78, 5) is 0. The number of hydrogen-bond acceptors (Lipinski definition) is 1. The number of aliphatic hydroxyl groups excluding tert-OH is 1. The van der Waals surface area contributed by atoms with Crippen LogP contribution in [0.3, 0.4) is 0 Å². The van der Waals surface area contributed by atoms with Crippen LogP contribution in [0.15, 0.2) is 24.3 Å². The zero-order chi connectivity index (χ0) is 6.74. The zero-order valence-corrected chi connectivity index (χ0v) is 5.67. The molecule has 0 radical (unpaired) electrons. The Bertz CT molecular complexity index is 133. The SMILES string of the molecule is CC1(CO)C=CCC=C1. The molecular formula is C8H12O. The number of allylic oxidation sites excluding steroid dienone is 2. The minimum Gasteiger partial charge on any atom is -0.395 e. The molecule has 0 bridgehead atoms. The van der Waals surface area contributed by atoms with Crippen molar-refractivity contribution in [1.82, 2.24) is 0 Å². The molecule has 1 rings (SSSR count). The van der Waals surface area contributed by atoms with E-state index in [1.165, 1.54) is 0 Å². The van der Waals surface area contributed by atoms with Gasteiger partial charge in [0.05, 0.1) is 6.61 Å². The van der Waals surface area contributed by atoms with Crippen molar-refractivity contribution in [2.24, 2.45) is 5.41 Å². The Morgan fingerprint density at radius 2 is 2.00 bits per heavy atom. The van der Waals surface area contributed by atoms with E-state index in [0.29, 0.717) is 0 Å². The highest BCUT2D eigenvalue weighted by molar-refractivity contribution is 5.15. The van der Waals surface area contributed by atoms with Crippen molar-refractivity contribution in [1.29, 1.82) is 0 Å². The van der Waals surface area contributed by atoms with Gasteiger partial charge in [-0.2, -0.15) is 0 Å². The molecule has 0 aromatic heterocycles. The fourth-order valence-corrected chi connectivity index (χ4v) is 0.914. The molecule has 1 aliphatic rings. The fourth-order valence-electron chi connectivity index (χ4n) is 0.914. The lowest BCUT2D eigenvalue weighted by atomic mass is 9.88. The van der Waals surface area contributed by atoms with Gasteiger partial charge in [0.1, 0.15) is 0 Å². The van der Waals surface area contributed by atoms with Crippen LogP contribution < -0.4 is 0 Å². The molecular weight excluding hydrogens is 112 g/mol. The highest BCUT2D eigenvalue weighted by atomic mass is 16.3. The Labute approximate surface area is 55.7 Å². The molecule has 1 aliphatic carbocycles. The Kier molecular flexibility index (Phi) is 1.72. The molecule has 0 spiro atoms. The van der Waals surface area contributed by atoms with Gasteiger partial charge < -0.3 is 5.11 Å². The van der Waals surface area contributed by atoms with E-state index in [1.807, 2.05) is 19.1 Å². The maximum absolute atomic E-state index is 8.85. The lowest BCUT2D eigenvalue weighted by Crippen LogP contribution is -2.16. The maximum Gasteiger partial charge on any atom is 0.0554 e. The topological polar surface area (TPSA) is 20.2 Å². The molecule has 0 saturated heterocycles. The van der Waals surface area contributed by atoms with Crippen LogP contribution in [0.4, 0.5) is 0 Å². The molecule has 0 amide bonds. The van der Waals surface area contributed by atoms with Crippen molar-refractivity contribution < 1.29 is 5.11 Å². The largest absolute Gasteiger partial charge is 0.395 e.